The van der Waals surface area contributed by atoms with Gasteiger partial charge in [-0.3, -0.25) is 4.99 Å². The lowest BCUT2D eigenvalue weighted by molar-refractivity contribution is 0.129. The van der Waals surface area contributed by atoms with E-state index in [0.29, 0.717) is 6.04 Å². The summed E-state index contributed by atoms with van der Waals surface area (Å²) in [4.78, 5) is 11.0. The van der Waals surface area contributed by atoms with Crippen molar-refractivity contribution < 1.29 is 4.74 Å². The standard InChI is InChI=1S/C22H32N4OS/c1-4-23-22(24-17-20(25(2)3)21-11-8-16-28-21)26-14-12-19(13-15-26)27-18-9-6-5-7-10-18/h5-11,16,19-20H,4,12-15,17H2,1-3H3,(H,23,24). The third-order valence-corrected chi connectivity index (χ3v) is 6.00. The molecule has 1 atom stereocenters. The zero-order chi connectivity index (χ0) is 19.8. The number of hydrogen-bond acceptors (Lipinski definition) is 4. The summed E-state index contributed by atoms with van der Waals surface area (Å²) in [5.74, 6) is 1.98. The second-order valence-corrected chi connectivity index (χ2v) is 8.29. The largest absolute Gasteiger partial charge is 0.490 e. The van der Waals surface area contributed by atoms with Gasteiger partial charge in [-0.2, -0.15) is 0 Å². The van der Waals surface area contributed by atoms with Gasteiger partial charge in [0.2, 0.25) is 0 Å². The molecule has 1 unspecified atom stereocenters. The van der Waals surface area contributed by atoms with Crippen molar-refractivity contribution in [3.63, 3.8) is 0 Å². The van der Waals surface area contributed by atoms with Gasteiger partial charge in [0.1, 0.15) is 11.9 Å². The highest BCUT2D eigenvalue weighted by molar-refractivity contribution is 7.10. The zero-order valence-corrected chi connectivity index (χ0v) is 18.0. The van der Waals surface area contributed by atoms with E-state index in [0.717, 1.165) is 50.7 Å². The van der Waals surface area contributed by atoms with Gasteiger partial charge in [-0.25, -0.2) is 0 Å². The van der Waals surface area contributed by atoms with Gasteiger partial charge >= 0.3 is 0 Å². The molecule has 1 fully saturated rings. The van der Waals surface area contributed by atoms with Gasteiger partial charge in [-0.1, -0.05) is 24.3 Å². The number of thiophene rings is 1. The molecule has 1 saturated heterocycles. The minimum Gasteiger partial charge on any atom is -0.490 e. The number of nitrogens with one attached hydrogen (secondary N) is 1. The molecule has 1 aromatic carbocycles. The van der Waals surface area contributed by atoms with E-state index < -0.39 is 0 Å². The van der Waals surface area contributed by atoms with Gasteiger partial charge in [0, 0.05) is 37.4 Å². The van der Waals surface area contributed by atoms with Crippen LogP contribution in [0.5, 0.6) is 5.75 Å². The van der Waals surface area contributed by atoms with Crippen molar-refractivity contribution in [2.24, 2.45) is 4.99 Å². The summed E-state index contributed by atoms with van der Waals surface area (Å²) in [6.45, 7) is 5.70. The molecule has 1 aliphatic rings. The first kappa shape index (κ1) is 20.7. The summed E-state index contributed by atoms with van der Waals surface area (Å²) in [5, 5.41) is 5.61. The summed E-state index contributed by atoms with van der Waals surface area (Å²) in [6, 6.07) is 14.8. The molecule has 1 aliphatic heterocycles. The molecule has 0 aliphatic carbocycles. The SMILES string of the molecule is CCNC(=NCC(c1cccs1)N(C)C)N1CCC(Oc2ccccc2)CC1. The molecule has 28 heavy (non-hydrogen) atoms. The van der Waals surface area contributed by atoms with E-state index >= 15 is 0 Å². The lowest BCUT2D eigenvalue weighted by atomic mass is 10.1. The average molecular weight is 401 g/mol. The van der Waals surface area contributed by atoms with Crippen LogP contribution >= 0.6 is 11.3 Å². The normalized spacial score (nSPS) is 17.0. The molecule has 0 saturated carbocycles. The number of nitrogens with zero attached hydrogens (tertiary/aromatic N) is 3. The molecule has 1 aromatic heterocycles. The fourth-order valence-corrected chi connectivity index (χ4v) is 4.38. The maximum atomic E-state index is 6.13. The van der Waals surface area contributed by atoms with Gasteiger partial charge < -0.3 is 19.9 Å². The lowest BCUT2D eigenvalue weighted by Crippen LogP contribution is -2.47. The maximum Gasteiger partial charge on any atom is 0.193 e. The highest BCUT2D eigenvalue weighted by atomic mass is 32.1. The third-order valence-electron chi connectivity index (χ3n) is 5.03. The van der Waals surface area contributed by atoms with Crippen LogP contribution in [-0.4, -0.2) is 62.1 Å². The lowest BCUT2D eigenvalue weighted by Gasteiger charge is -2.34. The molecule has 5 nitrogen and oxygen atoms in total. The monoisotopic (exact) mass is 400 g/mol. The van der Waals surface area contributed by atoms with Crippen molar-refractivity contribution >= 4 is 17.3 Å². The van der Waals surface area contributed by atoms with Crippen LogP contribution in [-0.2, 0) is 0 Å². The van der Waals surface area contributed by atoms with Crippen molar-refractivity contribution in [3.05, 3.63) is 52.7 Å². The first-order valence-electron chi connectivity index (χ1n) is 10.1. The second-order valence-electron chi connectivity index (χ2n) is 7.31. The quantitative estimate of drug-likeness (QED) is 0.566. The van der Waals surface area contributed by atoms with Crippen LogP contribution in [0, 0.1) is 0 Å². The Morgan fingerprint density at radius 3 is 2.57 bits per heavy atom. The van der Waals surface area contributed by atoms with Gasteiger partial charge in [-0.05, 0) is 44.6 Å². The molecule has 152 valence electrons. The molecule has 0 spiro atoms. The molecular weight excluding hydrogens is 368 g/mol. The van der Waals surface area contributed by atoms with E-state index in [9.17, 15) is 0 Å². The molecular formula is C22H32N4OS. The summed E-state index contributed by atoms with van der Waals surface area (Å²) in [7, 11) is 4.25. The molecule has 0 radical (unpaired) electrons. The zero-order valence-electron chi connectivity index (χ0n) is 17.2. The van der Waals surface area contributed by atoms with E-state index in [2.05, 4.69) is 53.6 Å². The number of likely N-dealkylation sites (N-methyl/N-ethyl adjacent to an activating group) is 1. The second kappa shape index (κ2) is 10.5. The fourth-order valence-electron chi connectivity index (χ4n) is 3.46. The van der Waals surface area contributed by atoms with Crippen LogP contribution in [0.3, 0.4) is 0 Å². The highest BCUT2D eigenvalue weighted by Crippen LogP contribution is 2.24. The van der Waals surface area contributed by atoms with Crippen LogP contribution in [0.4, 0.5) is 0 Å². The number of hydrogen-bond donors (Lipinski definition) is 1. The highest BCUT2D eigenvalue weighted by Gasteiger charge is 2.23. The van der Waals surface area contributed by atoms with E-state index in [-0.39, 0.29) is 6.10 Å². The number of benzene rings is 1. The molecule has 0 bridgehead atoms. The van der Waals surface area contributed by atoms with Crippen LogP contribution in [0.2, 0.25) is 0 Å². The fraction of sp³-hybridized carbons (Fsp3) is 0.500. The molecule has 2 aromatic rings. The number of aliphatic imine (C=N–C) groups is 1. The molecule has 6 heteroatoms. The van der Waals surface area contributed by atoms with Crippen molar-refractivity contribution in [2.75, 3.05) is 40.3 Å². The number of ether oxygens (including phenoxy) is 1. The van der Waals surface area contributed by atoms with Crippen molar-refractivity contribution in [3.8, 4) is 5.75 Å². The van der Waals surface area contributed by atoms with Crippen LogP contribution in [0.15, 0.2) is 52.8 Å². The predicted octanol–water partition coefficient (Wildman–Crippen LogP) is 3.86. The Labute approximate surface area is 173 Å². The van der Waals surface area contributed by atoms with Crippen molar-refractivity contribution in [1.29, 1.82) is 0 Å². The summed E-state index contributed by atoms with van der Waals surface area (Å²) in [6.07, 6.45) is 2.31. The summed E-state index contributed by atoms with van der Waals surface area (Å²) < 4.78 is 6.13. The first-order chi connectivity index (χ1) is 13.7. The predicted molar refractivity (Wildman–Crippen MR) is 118 cm³/mol. The van der Waals surface area contributed by atoms with Gasteiger partial charge in [0.15, 0.2) is 5.96 Å². The molecule has 0 amide bonds. The smallest absolute Gasteiger partial charge is 0.193 e. The minimum atomic E-state index is 0.280. The molecule has 3 rings (SSSR count). The maximum absolute atomic E-state index is 6.13. The van der Waals surface area contributed by atoms with Gasteiger partial charge in [-0.15, -0.1) is 11.3 Å². The van der Waals surface area contributed by atoms with Crippen LogP contribution in [0.25, 0.3) is 0 Å². The van der Waals surface area contributed by atoms with Crippen molar-refractivity contribution in [2.45, 2.75) is 31.9 Å². The molecule has 1 N–H and O–H groups in total. The number of guanidine groups is 1. The van der Waals surface area contributed by atoms with E-state index in [1.807, 2.05) is 30.3 Å². The number of likely N-dealkylation sites (tertiary alicyclic amines) is 1. The van der Waals surface area contributed by atoms with Gasteiger partial charge in [0.25, 0.3) is 0 Å². The topological polar surface area (TPSA) is 40.1 Å². The van der Waals surface area contributed by atoms with Crippen LogP contribution < -0.4 is 10.1 Å². The number of para-hydroxylation sites is 1. The van der Waals surface area contributed by atoms with E-state index in [1.165, 1.54) is 4.88 Å². The Morgan fingerprint density at radius 2 is 1.96 bits per heavy atom. The van der Waals surface area contributed by atoms with Gasteiger partial charge in [0.05, 0.1) is 12.6 Å². The van der Waals surface area contributed by atoms with Crippen molar-refractivity contribution in [1.82, 2.24) is 15.1 Å². The first-order valence-corrected chi connectivity index (χ1v) is 11.0. The Bertz CT molecular complexity index is 709. The number of piperidine rings is 1. The molecule has 2 heterocycles. The Hall–Kier alpha value is -2.05. The van der Waals surface area contributed by atoms with Crippen LogP contribution in [0.1, 0.15) is 30.7 Å². The third kappa shape index (κ3) is 5.72. The Balaban J connectivity index is 1.58. The summed E-state index contributed by atoms with van der Waals surface area (Å²) in [5.41, 5.74) is 0. The Kier molecular flexibility index (Phi) is 7.74. The minimum absolute atomic E-state index is 0.280. The average Bonchev–Trinajstić information content (AvgIpc) is 3.23. The summed E-state index contributed by atoms with van der Waals surface area (Å²) >= 11 is 1.80. The number of rotatable bonds is 7. The van der Waals surface area contributed by atoms with E-state index in [4.69, 9.17) is 9.73 Å². The Morgan fingerprint density at radius 1 is 1.21 bits per heavy atom. The van der Waals surface area contributed by atoms with E-state index in [1.54, 1.807) is 11.3 Å².